The molecule has 31 heavy (non-hydrogen) atoms. The first-order valence-corrected chi connectivity index (χ1v) is 11.4. The van der Waals surface area contributed by atoms with E-state index in [1.807, 2.05) is 24.4 Å². The van der Waals surface area contributed by atoms with Gasteiger partial charge in [0.1, 0.15) is 5.65 Å². The van der Waals surface area contributed by atoms with Crippen molar-refractivity contribution < 1.29 is 4.79 Å². The van der Waals surface area contributed by atoms with Crippen LogP contribution in [0.2, 0.25) is 0 Å². The van der Waals surface area contributed by atoms with Gasteiger partial charge in [0, 0.05) is 67.6 Å². The average Bonchev–Trinajstić information content (AvgIpc) is 3.10. The van der Waals surface area contributed by atoms with Crippen molar-refractivity contribution >= 4 is 38.4 Å². The first kappa shape index (κ1) is 21.8. The first-order chi connectivity index (χ1) is 14.8. The van der Waals surface area contributed by atoms with Crippen molar-refractivity contribution in [3.8, 4) is 0 Å². The summed E-state index contributed by atoms with van der Waals surface area (Å²) in [6, 6.07) is 10.6. The van der Waals surface area contributed by atoms with E-state index in [9.17, 15) is 4.79 Å². The van der Waals surface area contributed by atoms with Gasteiger partial charge in [-0.25, -0.2) is 4.98 Å². The highest BCUT2D eigenvalue weighted by Crippen LogP contribution is 2.33. The van der Waals surface area contributed by atoms with Crippen LogP contribution in [0.3, 0.4) is 0 Å². The second-order valence-electron chi connectivity index (χ2n) is 8.54. The standard InChI is InChI=1S/C25H29BrN4O/c1-16-14-19(25(31)28(3)4)6-7-20(16)18-9-12-30(13-10-18)17(2)23-15-21-22(26)8-11-27-24(21)29(23)5/h6-9,11,14-15,17H,10,12-13H2,1-5H3/t17-/m1/s1. The van der Waals surface area contributed by atoms with Crippen molar-refractivity contribution in [3.05, 3.63) is 69.5 Å². The van der Waals surface area contributed by atoms with E-state index in [1.165, 1.54) is 16.8 Å². The molecule has 0 saturated carbocycles. The summed E-state index contributed by atoms with van der Waals surface area (Å²) in [6.45, 7) is 6.28. The molecule has 0 fully saturated rings. The lowest BCUT2D eigenvalue weighted by molar-refractivity contribution is 0.0827. The van der Waals surface area contributed by atoms with E-state index in [0.29, 0.717) is 6.04 Å². The van der Waals surface area contributed by atoms with E-state index >= 15 is 0 Å². The Hall–Kier alpha value is -2.44. The van der Waals surface area contributed by atoms with Gasteiger partial charge in [-0.2, -0.15) is 0 Å². The fourth-order valence-electron chi connectivity index (χ4n) is 4.49. The van der Waals surface area contributed by atoms with Crippen LogP contribution in [0.5, 0.6) is 0 Å². The molecular formula is C25H29BrN4O. The Bertz CT molecular complexity index is 1180. The van der Waals surface area contributed by atoms with Crippen LogP contribution < -0.4 is 0 Å². The highest BCUT2D eigenvalue weighted by Gasteiger charge is 2.23. The van der Waals surface area contributed by atoms with Crippen LogP contribution in [0, 0.1) is 6.92 Å². The van der Waals surface area contributed by atoms with Crippen LogP contribution in [-0.2, 0) is 7.05 Å². The molecule has 0 bridgehead atoms. The Kier molecular flexibility index (Phi) is 6.04. The molecule has 5 nitrogen and oxygen atoms in total. The molecule has 2 aromatic heterocycles. The minimum absolute atomic E-state index is 0.0448. The highest BCUT2D eigenvalue weighted by atomic mass is 79.9. The normalized spacial score (nSPS) is 15.7. The molecule has 1 amide bonds. The van der Waals surface area contributed by atoms with Crippen LogP contribution in [0.1, 0.15) is 46.6 Å². The third-order valence-corrected chi connectivity index (χ3v) is 7.05. The molecular weight excluding hydrogens is 452 g/mol. The maximum absolute atomic E-state index is 12.2. The summed E-state index contributed by atoms with van der Waals surface area (Å²) in [7, 11) is 5.67. The van der Waals surface area contributed by atoms with Crippen LogP contribution in [-0.4, -0.2) is 52.4 Å². The van der Waals surface area contributed by atoms with Crippen molar-refractivity contribution in [2.45, 2.75) is 26.3 Å². The molecule has 1 aliphatic heterocycles. The maximum Gasteiger partial charge on any atom is 0.253 e. The fourth-order valence-corrected chi connectivity index (χ4v) is 4.90. The first-order valence-electron chi connectivity index (χ1n) is 10.6. The third kappa shape index (κ3) is 4.06. The predicted octanol–water partition coefficient (Wildman–Crippen LogP) is 5.20. The largest absolute Gasteiger partial charge is 0.345 e. The number of nitrogens with zero attached hydrogens (tertiary/aromatic N) is 4. The second kappa shape index (κ2) is 8.60. The van der Waals surface area contributed by atoms with Gasteiger partial charge in [0.15, 0.2) is 0 Å². The Balaban J connectivity index is 1.54. The number of halogens is 1. The second-order valence-corrected chi connectivity index (χ2v) is 9.39. The van der Waals surface area contributed by atoms with Crippen LogP contribution in [0.15, 0.2) is 47.1 Å². The summed E-state index contributed by atoms with van der Waals surface area (Å²) < 4.78 is 3.29. The van der Waals surface area contributed by atoms with Gasteiger partial charge in [-0.1, -0.05) is 12.1 Å². The van der Waals surface area contributed by atoms with E-state index in [0.717, 1.165) is 46.1 Å². The molecule has 0 N–H and O–H groups in total. The third-order valence-electron chi connectivity index (χ3n) is 6.35. The number of aromatic nitrogens is 2. The van der Waals surface area contributed by atoms with Crippen LogP contribution in [0.4, 0.5) is 0 Å². The molecule has 3 aromatic rings. The summed E-state index contributed by atoms with van der Waals surface area (Å²) >= 11 is 3.65. The lowest BCUT2D eigenvalue weighted by Gasteiger charge is -2.32. The van der Waals surface area contributed by atoms with Crippen molar-refractivity contribution in [2.24, 2.45) is 7.05 Å². The monoisotopic (exact) mass is 480 g/mol. The molecule has 6 heteroatoms. The number of carbonyl (C=O) groups is 1. The number of fused-ring (bicyclic) bond motifs is 1. The molecule has 3 heterocycles. The van der Waals surface area contributed by atoms with Crippen molar-refractivity contribution in [1.29, 1.82) is 0 Å². The molecule has 1 atom stereocenters. The van der Waals surface area contributed by atoms with Gasteiger partial charge < -0.3 is 9.47 Å². The van der Waals surface area contributed by atoms with Gasteiger partial charge >= 0.3 is 0 Å². The minimum Gasteiger partial charge on any atom is -0.345 e. The smallest absolute Gasteiger partial charge is 0.253 e. The Morgan fingerprint density at radius 1 is 1.23 bits per heavy atom. The van der Waals surface area contributed by atoms with Gasteiger partial charge in [-0.3, -0.25) is 9.69 Å². The summed E-state index contributed by atoms with van der Waals surface area (Å²) in [5.74, 6) is 0.0448. The zero-order valence-corrected chi connectivity index (χ0v) is 20.4. The number of hydrogen-bond acceptors (Lipinski definition) is 3. The molecule has 162 valence electrons. The Labute approximate surface area is 192 Å². The maximum atomic E-state index is 12.2. The van der Waals surface area contributed by atoms with E-state index in [-0.39, 0.29) is 5.91 Å². The SMILES string of the molecule is Cc1cc(C(=O)N(C)C)ccc1C1=CCN([C@H](C)c2cc3c(Br)ccnc3n2C)CC1. The number of amides is 1. The zero-order chi connectivity index (χ0) is 22.3. The Morgan fingerprint density at radius 2 is 2.00 bits per heavy atom. The fraction of sp³-hybridized carbons (Fsp3) is 0.360. The summed E-state index contributed by atoms with van der Waals surface area (Å²) in [6.07, 6.45) is 5.18. The van der Waals surface area contributed by atoms with E-state index in [4.69, 9.17) is 0 Å². The number of pyridine rings is 1. The van der Waals surface area contributed by atoms with Crippen molar-refractivity contribution in [1.82, 2.24) is 19.4 Å². The molecule has 0 unspecified atom stereocenters. The average molecular weight is 481 g/mol. The van der Waals surface area contributed by atoms with Crippen molar-refractivity contribution in [2.75, 3.05) is 27.2 Å². The van der Waals surface area contributed by atoms with Gasteiger partial charge in [-0.05, 0) is 77.2 Å². The highest BCUT2D eigenvalue weighted by molar-refractivity contribution is 9.10. The lowest BCUT2D eigenvalue weighted by atomic mass is 9.93. The number of benzene rings is 1. The predicted molar refractivity (Wildman–Crippen MR) is 130 cm³/mol. The number of rotatable bonds is 4. The molecule has 0 saturated heterocycles. The summed E-state index contributed by atoms with van der Waals surface area (Å²) in [4.78, 5) is 20.9. The summed E-state index contributed by atoms with van der Waals surface area (Å²) in [5, 5.41) is 1.16. The summed E-state index contributed by atoms with van der Waals surface area (Å²) in [5.41, 5.74) is 6.80. The molecule has 0 radical (unpaired) electrons. The van der Waals surface area contributed by atoms with Crippen molar-refractivity contribution in [3.63, 3.8) is 0 Å². The molecule has 0 aliphatic carbocycles. The van der Waals surface area contributed by atoms with Gasteiger partial charge in [-0.15, -0.1) is 0 Å². The zero-order valence-electron chi connectivity index (χ0n) is 18.8. The number of aryl methyl sites for hydroxylation is 2. The molecule has 4 rings (SSSR count). The topological polar surface area (TPSA) is 41.4 Å². The molecule has 0 spiro atoms. The molecule has 1 aromatic carbocycles. The minimum atomic E-state index is 0.0448. The van der Waals surface area contributed by atoms with Crippen LogP contribution in [0.25, 0.3) is 16.6 Å². The van der Waals surface area contributed by atoms with E-state index in [1.54, 1.807) is 19.0 Å². The molecule has 1 aliphatic rings. The van der Waals surface area contributed by atoms with E-state index in [2.05, 4.69) is 69.5 Å². The lowest BCUT2D eigenvalue weighted by Crippen LogP contribution is -2.32. The quantitative estimate of drug-likeness (QED) is 0.515. The van der Waals surface area contributed by atoms with Gasteiger partial charge in [0.05, 0.1) is 0 Å². The van der Waals surface area contributed by atoms with E-state index < -0.39 is 0 Å². The number of hydrogen-bond donors (Lipinski definition) is 0. The number of carbonyl (C=O) groups excluding carboxylic acids is 1. The Morgan fingerprint density at radius 3 is 2.61 bits per heavy atom. The van der Waals surface area contributed by atoms with Crippen LogP contribution >= 0.6 is 15.9 Å². The van der Waals surface area contributed by atoms with Gasteiger partial charge in [0.25, 0.3) is 5.91 Å². The van der Waals surface area contributed by atoms with Gasteiger partial charge in [0.2, 0.25) is 0 Å².